The van der Waals surface area contributed by atoms with Crippen molar-refractivity contribution >= 4 is 21.6 Å². The maximum atomic E-state index is 12.3. The van der Waals surface area contributed by atoms with Gasteiger partial charge in [-0.2, -0.15) is 5.26 Å². The summed E-state index contributed by atoms with van der Waals surface area (Å²) >= 11 is 0. The summed E-state index contributed by atoms with van der Waals surface area (Å²) in [7, 11) is -2.34. The highest BCUT2D eigenvalue weighted by Crippen LogP contribution is 2.18. The van der Waals surface area contributed by atoms with Gasteiger partial charge in [0.15, 0.2) is 0 Å². The van der Waals surface area contributed by atoms with E-state index in [1.165, 1.54) is 43.4 Å². The minimum Gasteiger partial charge on any atom is -0.355 e. The lowest BCUT2D eigenvalue weighted by atomic mass is 10.2. The van der Waals surface area contributed by atoms with E-state index in [1.54, 1.807) is 12.1 Å². The van der Waals surface area contributed by atoms with Crippen LogP contribution in [0.3, 0.4) is 0 Å². The molecule has 7 heteroatoms. The lowest BCUT2D eigenvalue weighted by molar-refractivity contribution is 0.0963. The lowest BCUT2D eigenvalue weighted by Gasteiger charge is -2.09. The van der Waals surface area contributed by atoms with E-state index in [9.17, 15) is 13.2 Å². The van der Waals surface area contributed by atoms with Gasteiger partial charge in [0.2, 0.25) is 0 Å². The van der Waals surface area contributed by atoms with Crippen molar-refractivity contribution < 1.29 is 13.2 Å². The van der Waals surface area contributed by atoms with Crippen LogP contribution in [0.1, 0.15) is 15.9 Å². The van der Waals surface area contributed by atoms with Gasteiger partial charge in [-0.25, -0.2) is 8.42 Å². The van der Waals surface area contributed by atoms with E-state index in [-0.39, 0.29) is 22.1 Å². The molecule has 0 aliphatic rings. The van der Waals surface area contributed by atoms with Crippen molar-refractivity contribution in [3.63, 3.8) is 0 Å². The van der Waals surface area contributed by atoms with E-state index >= 15 is 0 Å². The standard InChI is InChI=1S/C15H13N3O3S/c1-17-15(19)12-5-3-6-13(9-12)18-22(20,21)14-7-2-4-11(8-14)10-16/h2-9,18H,1H3,(H,17,19). The topological polar surface area (TPSA) is 99.1 Å². The smallest absolute Gasteiger partial charge is 0.261 e. The number of amides is 1. The average Bonchev–Trinajstić information content (AvgIpc) is 2.54. The molecule has 6 nitrogen and oxygen atoms in total. The van der Waals surface area contributed by atoms with Gasteiger partial charge >= 0.3 is 0 Å². The van der Waals surface area contributed by atoms with Crippen LogP contribution in [0.25, 0.3) is 0 Å². The zero-order valence-corrected chi connectivity index (χ0v) is 12.5. The minimum atomic E-state index is -3.83. The third kappa shape index (κ3) is 3.42. The summed E-state index contributed by atoms with van der Waals surface area (Å²) in [6, 6.07) is 13.7. The van der Waals surface area contributed by atoms with E-state index in [2.05, 4.69) is 10.0 Å². The highest BCUT2D eigenvalue weighted by Gasteiger charge is 2.15. The molecule has 0 saturated carbocycles. The molecule has 2 N–H and O–H groups in total. The Kier molecular flexibility index (Phi) is 4.44. The molecule has 22 heavy (non-hydrogen) atoms. The SMILES string of the molecule is CNC(=O)c1cccc(NS(=O)(=O)c2cccc(C#N)c2)c1. The van der Waals surface area contributed by atoms with Crippen LogP contribution in [0.4, 0.5) is 5.69 Å². The molecular formula is C15H13N3O3S. The molecule has 0 radical (unpaired) electrons. The molecular weight excluding hydrogens is 302 g/mol. The number of hydrogen-bond donors (Lipinski definition) is 2. The second-order valence-corrected chi connectivity index (χ2v) is 6.09. The summed E-state index contributed by atoms with van der Waals surface area (Å²) in [6.07, 6.45) is 0. The van der Waals surface area contributed by atoms with Gasteiger partial charge in [-0.15, -0.1) is 0 Å². The summed E-state index contributed by atoms with van der Waals surface area (Å²) in [4.78, 5) is 11.5. The second-order valence-electron chi connectivity index (χ2n) is 4.41. The fraction of sp³-hybridized carbons (Fsp3) is 0.0667. The molecule has 0 fully saturated rings. The van der Waals surface area contributed by atoms with E-state index in [0.717, 1.165) is 0 Å². The normalized spacial score (nSPS) is 10.5. The van der Waals surface area contributed by atoms with Crippen LogP contribution in [0.2, 0.25) is 0 Å². The molecule has 112 valence electrons. The van der Waals surface area contributed by atoms with E-state index < -0.39 is 10.0 Å². The number of carbonyl (C=O) groups is 1. The predicted octanol–water partition coefficient (Wildman–Crippen LogP) is 1.72. The summed E-state index contributed by atoms with van der Waals surface area (Å²) in [5.74, 6) is -0.312. The molecule has 0 spiro atoms. The van der Waals surface area contributed by atoms with Crippen molar-refractivity contribution in [2.45, 2.75) is 4.90 Å². The molecule has 1 amide bonds. The van der Waals surface area contributed by atoms with E-state index in [0.29, 0.717) is 5.56 Å². The Labute approximate surface area is 128 Å². The Morgan fingerprint density at radius 3 is 2.55 bits per heavy atom. The predicted molar refractivity (Wildman–Crippen MR) is 81.8 cm³/mol. The van der Waals surface area contributed by atoms with Crippen molar-refractivity contribution in [3.8, 4) is 6.07 Å². The quantitative estimate of drug-likeness (QED) is 0.897. The first-order chi connectivity index (χ1) is 10.5. The van der Waals surface area contributed by atoms with Crippen LogP contribution in [0.15, 0.2) is 53.4 Å². The van der Waals surface area contributed by atoms with Crippen molar-refractivity contribution in [1.82, 2.24) is 5.32 Å². The van der Waals surface area contributed by atoms with Gasteiger partial charge in [0, 0.05) is 18.3 Å². The molecule has 0 atom stereocenters. The molecule has 2 aromatic carbocycles. The number of anilines is 1. The number of benzene rings is 2. The van der Waals surface area contributed by atoms with Gasteiger partial charge in [0.1, 0.15) is 0 Å². The first-order valence-corrected chi connectivity index (χ1v) is 7.80. The van der Waals surface area contributed by atoms with Crippen LogP contribution < -0.4 is 10.0 Å². The van der Waals surface area contributed by atoms with Gasteiger partial charge in [0.05, 0.1) is 16.5 Å². The number of rotatable bonds is 4. The van der Waals surface area contributed by atoms with Crippen molar-refractivity contribution in [2.24, 2.45) is 0 Å². The third-order valence-electron chi connectivity index (χ3n) is 2.88. The number of nitrogens with zero attached hydrogens (tertiary/aromatic N) is 1. The van der Waals surface area contributed by atoms with Crippen LogP contribution in [0.5, 0.6) is 0 Å². The number of nitrogens with one attached hydrogen (secondary N) is 2. The maximum absolute atomic E-state index is 12.3. The van der Waals surface area contributed by atoms with Crippen LogP contribution in [-0.2, 0) is 10.0 Å². The fourth-order valence-corrected chi connectivity index (χ4v) is 2.91. The molecule has 2 rings (SSSR count). The molecule has 0 saturated heterocycles. The first-order valence-electron chi connectivity index (χ1n) is 6.31. The largest absolute Gasteiger partial charge is 0.355 e. The monoisotopic (exact) mass is 315 g/mol. The molecule has 0 bridgehead atoms. The van der Waals surface area contributed by atoms with Crippen LogP contribution >= 0.6 is 0 Å². The Hall–Kier alpha value is -2.85. The summed E-state index contributed by atoms with van der Waals surface area (Å²) in [5.41, 5.74) is 0.860. The molecule has 0 heterocycles. The molecule has 0 unspecified atom stereocenters. The zero-order valence-electron chi connectivity index (χ0n) is 11.7. The Bertz CT molecular complexity index is 854. The lowest BCUT2D eigenvalue weighted by Crippen LogP contribution is -2.18. The van der Waals surface area contributed by atoms with E-state index in [4.69, 9.17) is 5.26 Å². The third-order valence-corrected chi connectivity index (χ3v) is 4.26. The highest BCUT2D eigenvalue weighted by atomic mass is 32.2. The van der Waals surface area contributed by atoms with Crippen molar-refractivity contribution in [1.29, 1.82) is 5.26 Å². The molecule has 2 aromatic rings. The van der Waals surface area contributed by atoms with Gasteiger partial charge in [-0.1, -0.05) is 12.1 Å². The Morgan fingerprint density at radius 1 is 1.14 bits per heavy atom. The van der Waals surface area contributed by atoms with E-state index in [1.807, 2.05) is 6.07 Å². The summed E-state index contributed by atoms with van der Waals surface area (Å²) in [6.45, 7) is 0. The second kappa shape index (κ2) is 6.28. The summed E-state index contributed by atoms with van der Waals surface area (Å²) in [5, 5.41) is 11.3. The Balaban J connectivity index is 2.33. The number of nitriles is 1. The van der Waals surface area contributed by atoms with Crippen LogP contribution in [-0.4, -0.2) is 21.4 Å². The first kappa shape index (κ1) is 15.5. The molecule has 0 aliphatic heterocycles. The number of sulfonamides is 1. The van der Waals surface area contributed by atoms with Gasteiger partial charge in [0.25, 0.3) is 15.9 Å². The number of hydrogen-bond acceptors (Lipinski definition) is 4. The highest BCUT2D eigenvalue weighted by molar-refractivity contribution is 7.92. The fourth-order valence-electron chi connectivity index (χ4n) is 1.82. The van der Waals surface area contributed by atoms with Gasteiger partial charge in [-0.3, -0.25) is 9.52 Å². The van der Waals surface area contributed by atoms with Gasteiger partial charge in [-0.05, 0) is 36.4 Å². The van der Waals surface area contributed by atoms with Crippen LogP contribution in [0, 0.1) is 11.3 Å². The minimum absolute atomic E-state index is 0.0168. The van der Waals surface area contributed by atoms with Gasteiger partial charge < -0.3 is 5.32 Å². The average molecular weight is 315 g/mol. The molecule has 0 aromatic heterocycles. The van der Waals surface area contributed by atoms with Crippen molar-refractivity contribution in [2.75, 3.05) is 11.8 Å². The maximum Gasteiger partial charge on any atom is 0.261 e. The van der Waals surface area contributed by atoms with Crippen molar-refractivity contribution in [3.05, 3.63) is 59.7 Å². The summed E-state index contributed by atoms with van der Waals surface area (Å²) < 4.78 is 27.0. The number of carbonyl (C=O) groups excluding carboxylic acids is 1. The Morgan fingerprint density at radius 2 is 1.86 bits per heavy atom. The zero-order chi connectivity index (χ0) is 16.2. The molecule has 0 aliphatic carbocycles.